The lowest BCUT2D eigenvalue weighted by molar-refractivity contribution is -0.143. The van der Waals surface area contributed by atoms with E-state index >= 15 is 0 Å². The number of anilines is 1. The topological polar surface area (TPSA) is 49.3 Å². The lowest BCUT2D eigenvalue weighted by Gasteiger charge is -2.33. The third-order valence-corrected chi connectivity index (χ3v) is 4.20. The minimum absolute atomic E-state index is 0.217. The van der Waals surface area contributed by atoms with Crippen LogP contribution in [0.4, 0.5) is 5.69 Å². The summed E-state index contributed by atoms with van der Waals surface area (Å²) in [5, 5.41) is 13.0. The molecule has 0 aromatic heterocycles. The average molecular weight is 247 g/mol. The van der Waals surface area contributed by atoms with Gasteiger partial charge in [-0.25, -0.2) is 4.79 Å². The molecule has 2 rings (SSSR count). The van der Waals surface area contributed by atoms with Gasteiger partial charge in [-0.05, 0) is 37.3 Å². The van der Waals surface area contributed by atoms with Crippen molar-refractivity contribution in [2.45, 2.75) is 45.1 Å². The minimum Gasteiger partial charge on any atom is -0.479 e. The van der Waals surface area contributed by atoms with Crippen LogP contribution in [0.3, 0.4) is 0 Å². The van der Waals surface area contributed by atoms with Crippen molar-refractivity contribution in [3.8, 4) is 0 Å². The van der Waals surface area contributed by atoms with Gasteiger partial charge in [-0.3, -0.25) is 0 Å². The standard InChI is InChI=1S/C15H21NO2/c1-3-12-8-6-10-15(12,14(17)18)16-13-9-5-4-7-11(13)2/h4-5,7,9,12,16H,3,6,8,10H2,1-2H3,(H,17,18). The molecule has 0 radical (unpaired) electrons. The zero-order valence-electron chi connectivity index (χ0n) is 11.1. The zero-order chi connectivity index (χ0) is 13.2. The molecule has 1 fully saturated rings. The average Bonchev–Trinajstić information content (AvgIpc) is 2.76. The number of carboxylic acid groups (broad SMARTS) is 1. The first-order valence-corrected chi connectivity index (χ1v) is 6.67. The van der Waals surface area contributed by atoms with Gasteiger partial charge < -0.3 is 10.4 Å². The summed E-state index contributed by atoms with van der Waals surface area (Å²) in [6, 6.07) is 7.89. The Hall–Kier alpha value is -1.51. The molecular formula is C15H21NO2. The van der Waals surface area contributed by atoms with Crippen LogP contribution >= 0.6 is 0 Å². The second kappa shape index (κ2) is 5.01. The number of benzene rings is 1. The maximum atomic E-state index is 11.7. The first kappa shape index (κ1) is 12.9. The van der Waals surface area contributed by atoms with E-state index in [1.165, 1.54) is 0 Å². The molecule has 0 saturated heterocycles. The van der Waals surface area contributed by atoms with Crippen LogP contribution in [0.1, 0.15) is 38.2 Å². The molecule has 0 amide bonds. The summed E-state index contributed by atoms with van der Waals surface area (Å²) in [6.07, 6.45) is 3.62. The summed E-state index contributed by atoms with van der Waals surface area (Å²) in [7, 11) is 0. The lowest BCUT2D eigenvalue weighted by atomic mass is 9.84. The molecule has 2 atom stereocenters. The summed E-state index contributed by atoms with van der Waals surface area (Å²) >= 11 is 0. The maximum absolute atomic E-state index is 11.7. The number of hydrogen-bond donors (Lipinski definition) is 2. The van der Waals surface area contributed by atoms with Crippen molar-refractivity contribution in [3.05, 3.63) is 29.8 Å². The number of aliphatic carboxylic acids is 1. The van der Waals surface area contributed by atoms with E-state index < -0.39 is 11.5 Å². The monoisotopic (exact) mass is 247 g/mol. The van der Waals surface area contributed by atoms with E-state index in [2.05, 4.69) is 12.2 Å². The molecule has 0 bridgehead atoms. The molecule has 1 aromatic carbocycles. The Labute approximate surface area is 108 Å². The molecular weight excluding hydrogens is 226 g/mol. The quantitative estimate of drug-likeness (QED) is 0.856. The van der Waals surface area contributed by atoms with Gasteiger partial charge in [-0.15, -0.1) is 0 Å². The number of para-hydroxylation sites is 1. The van der Waals surface area contributed by atoms with E-state index in [1.807, 2.05) is 31.2 Å². The number of aryl methyl sites for hydroxylation is 1. The second-order valence-corrected chi connectivity index (χ2v) is 5.21. The van der Waals surface area contributed by atoms with Crippen LogP contribution in [0, 0.1) is 12.8 Å². The zero-order valence-corrected chi connectivity index (χ0v) is 11.1. The molecule has 1 aliphatic rings. The van der Waals surface area contributed by atoms with Crippen LogP contribution in [-0.2, 0) is 4.79 Å². The highest BCUT2D eigenvalue weighted by molar-refractivity contribution is 5.84. The summed E-state index contributed by atoms with van der Waals surface area (Å²) < 4.78 is 0. The maximum Gasteiger partial charge on any atom is 0.329 e. The van der Waals surface area contributed by atoms with Gasteiger partial charge in [0.05, 0.1) is 0 Å². The van der Waals surface area contributed by atoms with Crippen LogP contribution in [0.2, 0.25) is 0 Å². The molecule has 1 aliphatic carbocycles. The Morgan fingerprint density at radius 2 is 2.22 bits per heavy atom. The summed E-state index contributed by atoms with van der Waals surface area (Å²) in [5.41, 5.74) is 1.26. The fourth-order valence-electron chi connectivity index (χ4n) is 3.08. The smallest absolute Gasteiger partial charge is 0.329 e. The highest BCUT2D eigenvalue weighted by Gasteiger charge is 2.48. The van der Waals surface area contributed by atoms with Gasteiger partial charge in [0.2, 0.25) is 0 Å². The third kappa shape index (κ3) is 2.09. The van der Waals surface area contributed by atoms with Gasteiger partial charge in [0, 0.05) is 5.69 Å². The van der Waals surface area contributed by atoms with Gasteiger partial charge in [0.1, 0.15) is 5.54 Å². The van der Waals surface area contributed by atoms with Crippen molar-refractivity contribution in [3.63, 3.8) is 0 Å². The van der Waals surface area contributed by atoms with Crippen molar-refractivity contribution < 1.29 is 9.90 Å². The van der Waals surface area contributed by atoms with Crippen molar-refractivity contribution in [1.82, 2.24) is 0 Å². The predicted molar refractivity (Wildman–Crippen MR) is 72.8 cm³/mol. The number of carboxylic acids is 1. The minimum atomic E-state index is -0.777. The number of rotatable bonds is 4. The molecule has 2 unspecified atom stereocenters. The molecule has 2 N–H and O–H groups in total. The van der Waals surface area contributed by atoms with Crippen LogP contribution in [0.15, 0.2) is 24.3 Å². The number of carbonyl (C=O) groups is 1. The summed E-state index contributed by atoms with van der Waals surface area (Å²) in [5.74, 6) is -0.496. The Morgan fingerprint density at radius 1 is 1.50 bits per heavy atom. The Bertz CT molecular complexity index is 444. The van der Waals surface area contributed by atoms with Crippen LogP contribution in [0.5, 0.6) is 0 Å². The molecule has 18 heavy (non-hydrogen) atoms. The van der Waals surface area contributed by atoms with Crippen LogP contribution < -0.4 is 5.32 Å². The van der Waals surface area contributed by atoms with Gasteiger partial charge in [-0.1, -0.05) is 38.0 Å². The first-order valence-electron chi connectivity index (χ1n) is 6.67. The van der Waals surface area contributed by atoms with E-state index in [4.69, 9.17) is 0 Å². The Morgan fingerprint density at radius 3 is 2.83 bits per heavy atom. The lowest BCUT2D eigenvalue weighted by Crippen LogP contribution is -2.49. The van der Waals surface area contributed by atoms with E-state index in [0.29, 0.717) is 0 Å². The van der Waals surface area contributed by atoms with E-state index in [1.54, 1.807) is 0 Å². The molecule has 3 nitrogen and oxygen atoms in total. The third-order valence-electron chi connectivity index (χ3n) is 4.20. The fraction of sp³-hybridized carbons (Fsp3) is 0.533. The molecule has 1 aromatic rings. The van der Waals surface area contributed by atoms with Crippen molar-refractivity contribution in [1.29, 1.82) is 0 Å². The normalized spacial score (nSPS) is 27.1. The predicted octanol–water partition coefficient (Wildman–Crippen LogP) is 3.44. The van der Waals surface area contributed by atoms with Crippen molar-refractivity contribution in [2.75, 3.05) is 5.32 Å². The van der Waals surface area contributed by atoms with Crippen molar-refractivity contribution in [2.24, 2.45) is 5.92 Å². The highest BCUT2D eigenvalue weighted by Crippen LogP contribution is 2.41. The summed E-state index contributed by atoms with van der Waals surface area (Å²) in [6.45, 7) is 4.08. The largest absolute Gasteiger partial charge is 0.479 e. The molecule has 0 aliphatic heterocycles. The fourth-order valence-corrected chi connectivity index (χ4v) is 3.08. The number of nitrogens with one attached hydrogen (secondary N) is 1. The molecule has 0 spiro atoms. The van der Waals surface area contributed by atoms with Crippen LogP contribution in [0.25, 0.3) is 0 Å². The van der Waals surface area contributed by atoms with E-state index in [9.17, 15) is 9.90 Å². The molecule has 98 valence electrons. The number of hydrogen-bond acceptors (Lipinski definition) is 2. The van der Waals surface area contributed by atoms with Gasteiger partial charge in [0.15, 0.2) is 0 Å². The first-order chi connectivity index (χ1) is 8.60. The highest BCUT2D eigenvalue weighted by atomic mass is 16.4. The van der Waals surface area contributed by atoms with Gasteiger partial charge in [0.25, 0.3) is 0 Å². The van der Waals surface area contributed by atoms with Crippen molar-refractivity contribution >= 4 is 11.7 Å². The molecule has 1 saturated carbocycles. The molecule has 3 heteroatoms. The Balaban J connectivity index is 2.33. The SMILES string of the molecule is CCC1CCCC1(Nc1ccccc1C)C(=O)O. The van der Waals surface area contributed by atoms with Gasteiger partial charge >= 0.3 is 5.97 Å². The van der Waals surface area contributed by atoms with E-state index in [0.717, 1.165) is 36.9 Å². The summed E-state index contributed by atoms with van der Waals surface area (Å²) in [4.78, 5) is 11.7. The second-order valence-electron chi connectivity index (χ2n) is 5.21. The van der Waals surface area contributed by atoms with Gasteiger partial charge in [-0.2, -0.15) is 0 Å². The van der Waals surface area contributed by atoms with Crippen LogP contribution in [-0.4, -0.2) is 16.6 Å². The molecule has 0 heterocycles. The van der Waals surface area contributed by atoms with E-state index in [-0.39, 0.29) is 5.92 Å². The Kier molecular flexibility index (Phi) is 3.60.